The van der Waals surface area contributed by atoms with Crippen molar-refractivity contribution < 1.29 is 9.47 Å². The van der Waals surface area contributed by atoms with E-state index < -0.39 is 5.79 Å². The summed E-state index contributed by atoms with van der Waals surface area (Å²) in [6.45, 7) is 6.21. The van der Waals surface area contributed by atoms with Gasteiger partial charge >= 0.3 is 0 Å². The molecule has 1 fully saturated rings. The van der Waals surface area contributed by atoms with Crippen LogP contribution in [0.1, 0.15) is 31.9 Å². The van der Waals surface area contributed by atoms with Crippen LogP contribution in [0.25, 0.3) is 0 Å². The van der Waals surface area contributed by atoms with E-state index in [-0.39, 0.29) is 11.7 Å². The molecule has 1 aliphatic rings. The predicted molar refractivity (Wildman–Crippen MR) is 79.4 cm³/mol. The lowest BCUT2D eigenvalue weighted by Gasteiger charge is -2.30. The minimum absolute atomic E-state index is 0.0166. The van der Waals surface area contributed by atoms with Gasteiger partial charge in [-0.3, -0.25) is 0 Å². The lowest BCUT2D eigenvalue weighted by atomic mass is 9.97. The number of ether oxygens (including phenoxy) is 2. The number of rotatable bonds is 2. The summed E-state index contributed by atoms with van der Waals surface area (Å²) in [4.78, 5) is 0. The maximum Gasteiger partial charge on any atom is 0.223 e. The number of benzene rings is 2. The summed E-state index contributed by atoms with van der Waals surface area (Å²) in [6.07, 6.45) is 0.0166. The van der Waals surface area contributed by atoms with Gasteiger partial charge in [0.1, 0.15) is 0 Å². The second kappa shape index (κ2) is 4.72. The van der Waals surface area contributed by atoms with Gasteiger partial charge in [0.15, 0.2) is 0 Å². The lowest BCUT2D eigenvalue weighted by molar-refractivity contribution is -0.161. The van der Waals surface area contributed by atoms with Crippen molar-refractivity contribution in [2.75, 3.05) is 0 Å². The number of hydrogen-bond acceptors (Lipinski definition) is 2. The normalized spacial score (nSPS) is 23.6. The molecular formula is C18H20O2. The molecule has 0 aromatic heterocycles. The molecular weight excluding hydrogens is 248 g/mol. The third-order valence-electron chi connectivity index (χ3n) is 4.04. The second-order valence-electron chi connectivity index (χ2n) is 5.81. The lowest BCUT2D eigenvalue weighted by Crippen LogP contribution is -2.33. The third kappa shape index (κ3) is 2.05. The molecule has 2 nitrogen and oxygen atoms in total. The Hall–Kier alpha value is -1.64. The maximum absolute atomic E-state index is 6.40. The monoisotopic (exact) mass is 268 g/mol. The molecule has 1 aliphatic heterocycles. The molecule has 0 saturated carbocycles. The topological polar surface area (TPSA) is 18.5 Å². The van der Waals surface area contributed by atoms with E-state index in [1.165, 1.54) is 0 Å². The first-order chi connectivity index (χ1) is 9.55. The molecule has 0 aliphatic carbocycles. The van der Waals surface area contributed by atoms with E-state index in [0.29, 0.717) is 0 Å². The molecule has 1 atom stereocenters. The predicted octanol–water partition coefficient (Wildman–Crippen LogP) is 4.10. The molecule has 1 heterocycles. The Kier molecular flexibility index (Phi) is 3.15. The molecule has 0 spiro atoms. The summed E-state index contributed by atoms with van der Waals surface area (Å²) in [5, 5.41) is 0. The average molecular weight is 268 g/mol. The first-order valence-electron chi connectivity index (χ1n) is 7.04. The van der Waals surface area contributed by atoms with Gasteiger partial charge < -0.3 is 9.47 Å². The highest BCUT2D eigenvalue weighted by atomic mass is 16.8. The van der Waals surface area contributed by atoms with Gasteiger partial charge in [0.05, 0.1) is 11.7 Å². The molecule has 1 unspecified atom stereocenters. The Balaban J connectivity index is 2.16. The second-order valence-corrected chi connectivity index (χ2v) is 5.81. The zero-order valence-corrected chi connectivity index (χ0v) is 12.2. The Morgan fingerprint density at radius 3 is 1.60 bits per heavy atom. The first-order valence-corrected chi connectivity index (χ1v) is 7.04. The zero-order valence-electron chi connectivity index (χ0n) is 12.2. The Morgan fingerprint density at radius 2 is 1.25 bits per heavy atom. The smallest absolute Gasteiger partial charge is 0.223 e. The molecule has 1 saturated heterocycles. The molecule has 0 N–H and O–H groups in total. The molecule has 20 heavy (non-hydrogen) atoms. The maximum atomic E-state index is 6.40. The molecule has 0 bridgehead atoms. The van der Waals surface area contributed by atoms with Crippen LogP contribution in [0.3, 0.4) is 0 Å². The van der Waals surface area contributed by atoms with Crippen LogP contribution in [-0.2, 0) is 15.3 Å². The van der Waals surface area contributed by atoms with Crippen LogP contribution in [0.4, 0.5) is 0 Å². The largest absolute Gasteiger partial charge is 0.336 e. The molecule has 104 valence electrons. The SMILES string of the molecule is CC1OC(c2ccccc2)(c2ccccc2)OC1(C)C. The summed E-state index contributed by atoms with van der Waals surface area (Å²) < 4.78 is 12.7. The highest BCUT2D eigenvalue weighted by molar-refractivity contribution is 5.35. The molecule has 2 aromatic rings. The van der Waals surface area contributed by atoms with Gasteiger partial charge in [-0.25, -0.2) is 0 Å². The molecule has 0 amide bonds. The van der Waals surface area contributed by atoms with Gasteiger partial charge in [-0.1, -0.05) is 60.7 Å². The minimum Gasteiger partial charge on any atom is -0.336 e. The van der Waals surface area contributed by atoms with Crippen LogP contribution in [0.5, 0.6) is 0 Å². The number of hydrogen-bond donors (Lipinski definition) is 0. The van der Waals surface area contributed by atoms with Crippen molar-refractivity contribution in [2.24, 2.45) is 0 Å². The van der Waals surface area contributed by atoms with Gasteiger partial charge in [-0.05, 0) is 20.8 Å². The van der Waals surface area contributed by atoms with Crippen molar-refractivity contribution >= 4 is 0 Å². The fourth-order valence-electron chi connectivity index (χ4n) is 2.60. The average Bonchev–Trinajstić information content (AvgIpc) is 2.72. The quantitative estimate of drug-likeness (QED) is 0.816. The highest BCUT2D eigenvalue weighted by Gasteiger charge is 2.52. The van der Waals surface area contributed by atoms with Gasteiger partial charge in [0, 0.05) is 11.1 Å². The summed E-state index contributed by atoms with van der Waals surface area (Å²) in [7, 11) is 0. The van der Waals surface area contributed by atoms with Crippen LogP contribution in [0, 0.1) is 0 Å². The van der Waals surface area contributed by atoms with Crippen LogP contribution in [0.2, 0.25) is 0 Å². The van der Waals surface area contributed by atoms with Crippen molar-refractivity contribution in [3.05, 3.63) is 71.8 Å². The van der Waals surface area contributed by atoms with E-state index in [2.05, 4.69) is 45.0 Å². The standard InChI is InChI=1S/C18H20O2/c1-14-17(2,3)20-18(19-14,15-10-6-4-7-11-15)16-12-8-5-9-13-16/h4-14H,1-3H3. The summed E-state index contributed by atoms with van der Waals surface area (Å²) in [5.41, 5.74) is 1.73. The van der Waals surface area contributed by atoms with E-state index in [1.807, 2.05) is 36.4 Å². The Labute approximate surface area is 120 Å². The van der Waals surface area contributed by atoms with Crippen LogP contribution in [-0.4, -0.2) is 11.7 Å². The Morgan fingerprint density at radius 1 is 0.800 bits per heavy atom. The van der Waals surface area contributed by atoms with Crippen molar-refractivity contribution in [3.8, 4) is 0 Å². The summed E-state index contributed by atoms with van der Waals surface area (Å²) in [5.74, 6) is -0.814. The molecule has 3 rings (SSSR count). The fraction of sp³-hybridized carbons (Fsp3) is 0.333. The molecule has 2 heteroatoms. The van der Waals surface area contributed by atoms with Crippen molar-refractivity contribution in [2.45, 2.75) is 38.3 Å². The van der Waals surface area contributed by atoms with Crippen LogP contribution >= 0.6 is 0 Å². The Bertz CT molecular complexity index is 535. The summed E-state index contributed by atoms with van der Waals surface area (Å²) >= 11 is 0. The van der Waals surface area contributed by atoms with E-state index in [9.17, 15) is 0 Å². The van der Waals surface area contributed by atoms with Crippen LogP contribution in [0.15, 0.2) is 60.7 Å². The minimum atomic E-state index is -0.814. The van der Waals surface area contributed by atoms with Gasteiger partial charge in [-0.15, -0.1) is 0 Å². The van der Waals surface area contributed by atoms with E-state index in [4.69, 9.17) is 9.47 Å². The van der Waals surface area contributed by atoms with Gasteiger partial charge in [-0.2, -0.15) is 0 Å². The van der Waals surface area contributed by atoms with Crippen molar-refractivity contribution in [1.29, 1.82) is 0 Å². The van der Waals surface area contributed by atoms with Crippen molar-refractivity contribution in [1.82, 2.24) is 0 Å². The highest BCUT2D eigenvalue weighted by Crippen LogP contribution is 2.47. The van der Waals surface area contributed by atoms with Crippen molar-refractivity contribution in [3.63, 3.8) is 0 Å². The molecule has 2 aromatic carbocycles. The van der Waals surface area contributed by atoms with Gasteiger partial charge in [0.25, 0.3) is 0 Å². The van der Waals surface area contributed by atoms with E-state index in [1.54, 1.807) is 0 Å². The van der Waals surface area contributed by atoms with E-state index >= 15 is 0 Å². The third-order valence-corrected chi connectivity index (χ3v) is 4.04. The molecule has 0 radical (unpaired) electrons. The first kappa shape index (κ1) is 13.3. The van der Waals surface area contributed by atoms with Crippen LogP contribution < -0.4 is 0 Å². The van der Waals surface area contributed by atoms with E-state index in [0.717, 1.165) is 11.1 Å². The summed E-state index contributed by atoms with van der Waals surface area (Å²) in [6, 6.07) is 20.3. The zero-order chi connectivity index (χ0) is 14.2. The van der Waals surface area contributed by atoms with Gasteiger partial charge in [0.2, 0.25) is 5.79 Å². The fourth-order valence-corrected chi connectivity index (χ4v) is 2.60.